The van der Waals surface area contributed by atoms with Gasteiger partial charge in [-0.25, -0.2) is 13.2 Å². The summed E-state index contributed by atoms with van der Waals surface area (Å²) in [6.07, 6.45) is 0.105. The second kappa shape index (κ2) is 7.67. The van der Waals surface area contributed by atoms with Crippen LogP contribution in [0.1, 0.15) is 20.3 Å². The first-order valence-corrected chi connectivity index (χ1v) is 10.7. The van der Waals surface area contributed by atoms with Gasteiger partial charge in [-0.15, -0.1) is 0 Å². The fraction of sp³-hybridized carbons (Fsp3) is 0.500. The van der Waals surface area contributed by atoms with Crippen molar-refractivity contribution in [2.75, 3.05) is 23.1 Å². The van der Waals surface area contributed by atoms with E-state index in [0.29, 0.717) is 5.69 Å². The Morgan fingerprint density at radius 2 is 1.96 bits per heavy atom. The molecular formula is C18H23N3O5S. The summed E-state index contributed by atoms with van der Waals surface area (Å²) < 4.78 is 28.6. The summed E-state index contributed by atoms with van der Waals surface area (Å²) in [4.78, 5) is 25.0. The van der Waals surface area contributed by atoms with Crippen LogP contribution in [-0.4, -0.2) is 56.2 Å². The lowest BCUT2D eigenvalue weighted by Gasteiger charge is -2.25. The maximum absolute atomic E-state index is 12.9. The summed E-state index contributed by atoms with van der Waals surface area (Å²) in [5.41, 5.74) is 0.844. The first-order valence-electron chi connectivity index (χ1n) is 8.90. The predicted octanol–water partition coefficient (Wildman–Crippen LogP) is 0.734. The molecule has 3 rings (SSSR count). The second-order valence-corrected chi connectivity index (χ2v) is 8.99. The van der Waals surface area contributed by atoms with Crippen LogP contribution in [0.15, 0.2) is 35.4 Å². The number of carbonyl (C=O) groups is 2. The number of hydrazone groups is 1. The minimum Gasteiger partial charge on any atom is -0.461 e. The van der Waals surface area contributed by atoms with Crippen molar-refractivity contribution in [3.8, 4) is 0 Å². The topological polar surface area (TPSA) is 105 Å². The summed E-state index contributed by atoms with van der Waals surface area (Å²) in [5.74, 6) is -1.06. The van der Waals surface area contributed by atoms with Crippen LogP contribution in [-0.2, 0) is 24.2 Å². The minimum absolute atomic E-state index is 0.0651. The Balaban J connectivity index is 1.80. The number of sulfone groups is 1. The Morgan fingerprint density at radius 1 is 1.26 bits per heavy atom. The van der Waals surface area contributed by atoms with Crippen molar-refractivity contribution in [1.82, 2.24) is 5.32 Å². The summed E-state index contributed by atoms with van der Waals surface area (Å²) >= 11 is 0. The summed E-state index contributed by atoms with van der Waals surface area (Å²) in [5, 5.41) is 8.63. The number of esters is 1. The number of anilines is 1. The van der Waals surface area contributed by atoms with Gasteiger partial charge in [0.15, 0.2) is 9.84 Å². The van der Waals surface area contributed by atoms with E-state index >= 15 is 0 Å². The monoisotopic (exact) mass is 393 g/mol. The van der Waals surface area contributed by atoms with Crippen molar-refractivity contribution < 1.29 is 22.7 Å². The molecule has 1 saturated heterocycles. The number of hydrogen-bond acceptors (Lipinski definition) is 7. The molecule has 0 radical (unpaired) electrons. The quantitative estimate of drug-likeness (QED) is 0.740. The largest absolute Gasteiger partial charge is 0.461 e. The molecule has 9 heteroatoms. The van der Waals surface area contributed by atoms with Gasteiger partial charge >= 0.3 is 5.97 Å². The molecule has 3 atom stereocenters. The van der Waals surface area contributed by atoms with E-state index in [1.807, 2.05) is 18.2 Å². The number of rotatable bonds is 5. The number of ether oxygens (including phenoxy) is 1. The fourth-order valence-electron chi connectivity index (χ4n) is 3.36. The molecular weight excluding hydrogens is 370 g/mol. The van der Waals surface area contributed by atoms with Crippen molar-refractivity contribution in [3.05, 3.63) is 30.3 Å². The number of benzene rings is 1. The Morgan fingerprint density at radius 3 is 2.56 bits per heavy atom. The maximum Gasteiger partial charge on any atom is 0.354 e. The number of hydrogen-bond donors (Lipinski definition) is 1. The number of nitrogens with zero attached hydrogens (tertiary/aromatic N) is 2. The van der Waals surface area contributed by atoms with Crippen LogP contribution in [0.4, 0.5) is 5.69 Å². The SMILES string of the molecule is CCOC(=O)C1=NN(c2ccccc2)[C@@H](C(=O)N[C@@H]2CS(=O)(=O)C[C@@H]2C)C1. The third-order valence-corrected chi connectivity index (χ3v) is 6.61. The highest BCUT2D eigenvalue weighted by Crippen LogP contribution is 2.26. The van der Waals surface area contributed by atoms with E-state index in [0.717, 1.165) is 0 Å². The average molecular weight is 393 g/mol. The third kappa shape index (κ3) is 4.29. The van der Waals surface area contributed by atoms with Crippen LogP contribution in [0.5, 0.6) is 0 Å². The van der Waals surface area contributed by atoms with E-state index in [9.17, 15) is 18.0 Å². The minimum atomic E-state index is -3.14. The maximum atomic E-state index is 12.9. The number of carbonyl (C=O) groups excluding carboxylic acids is 2. The number of para-hydroxylation sites is 1. The number of nitrogens with one attached hydrogen (secondary N) is 1. The van der Waals surface area contributed by atoms with Crippen LogP contribution >= 0.6 is 0 Å². The smallest absolute Gasteiger partial charge is 0.354 e. The molecule has 27 heavy (non-hydrogen) atoms. The highest BCUT2D eigenvalue weighted by Gasteiger charge is 2.41. The predicted molar refractivity (Wildman–Crippen MR) is 101 cm³/mol. The van der Waals surface area contributed by atoms with E-state index in [1.165, 1.54) is 5.01 Å². The molecule has 0 spiro atoms. The molecule has 1 aromatic rings. The van der Waals surface area contributed by atoms with Crippen molar-refractivity contribution in [2.24, 2.45) is 11.0 Å². The van der Waals surface area contributed by atoms with Crippen molar-refractivity contribution in [1.29, 1.82) is 0 Å². The fourth-order valence-corrected chi connectivity index (χ4v) is 5.48. The molecule has 1 aromatic carbocycles. The first-order chi connectivity index (χ1) is 12.8. The van der Waals surface area contributed by atoms with Gasteiger partial charge in [-0.1, -0.05) is 25.1 Å². The third-order valence-electron chi connectivity index (χ3n) is 4.71. The molecule has 0 saturated carbocycles. The highest BCUT2D eigenvalue weighted by atomic mass is 32.2. The van der Waals surface area contributed by atoms with Crippen LogP contribution in [0.2, 0.25) is 0 Å². The zero-order valence-corrected chi connectivity index (χ0v) is 16.1. The van der Waals surface area contributed by atoms with E-state index in [2.05, 4.69) is 10.4 Å². The molecule has 0 aromatic heterocycles. The standard InChI is InChI=1S/C18H23N3O5S/c1-3-26-18(23)14-9-16(21(20-14)13-7-5-4-6-8-13)17(22)19-15-11-27(24,25)10-12(15)2/h4-8,12,15-16H,3,9-11H2,1-2H3,(H,19,22)/t12-,15+,16+/m0/s1. The van der Waals surface area contributed by atoms with Crippen LogP contribution in [0, 0.1) is 5.92 Å². The van der Waals surface area contributed by atoms with E-state index in [4.69, 9.17) is 4.74 Å². The van der Waals surface area contributed by atoms with E-state index in [-0.39, 0.29) is 42.1 Å². The van der Waals surface area contributed by atoms with Crippen molar-refractivity contribution in [3.63, 3.8) is 0 Å². The lowest BCUT2D eigenvalue weighted by atomic mass is 10.0. The molecule has 146 valence electrons. The molecule has 1 fully saturated rings. The molecule has 0 bridgehead atoms. The van der Waals surface area contributed by atoms with Gasteiger partial charge in [0.05, 0.1) is 23.8 Å². The molecule has 1 N–H and O–H groups in total. The Labute approximate surface area is 158 Å². The lowest BCUT2D eigenvalue weighted by molar-refractivity contribution is -0.135. The Kier molecular flexibility index (Phi) is 5.50. The van der Waals surface area contributed by atoms with Crippen molar-refractivity contribution in [2.45, 2.75) is 32.4 Å². The second-order valence-electron chi connectivity index (χ2n) is 6.84. The van der Waals surface area contributed by atoms with Gasteiger partial charge < -0.3 is 10.1 Å². The Bertz CT molecular complexity index is 853. The summed E-state index contributed by atoms with van der Waals surface area (Å²) in [7, 11) is -3.14. The lowest BCUT2D eigenvalue weighted by Crippen LogP contribution is -2.48. The van der Waals surface area contributed by atoms with Crippen LogP contribution < -0.4 is 10.3 Å². The molecule has 2 heterocycles. The normalized spacial score (nSPS) is 26.5. The first kappa shape index (κ1) is 19.3. The molecule has 0 unspecified atom stereocenters. The number of amides is 1. The van der Waals surface area contributed by atoms with E-state index in [1.54, 1.807) is 26.0 Å². The Hall–Kier alpha value is -2.42. The van der Waals surface area contributed by atoms with Gasteiger partial charge in [-0.3, -0.25) is 9.80 Å². The summed E-state index contributed by atoms with van der Waals surface area (Å²) in [6, 6.07) is 7.88. The highest BCUT2D eigenvalue weighted by molar-refractivity contribution is 7.91. The van der Waals surface area contributed by atoms with Gasteiger partial charge in [0.25, 0.3) is 0 Å². The molecule has 1 amide bonds. The average Bonchev–Trinajstić information content (AvgIpc) is 3.17. The van der Waals surface area contributed by atoms with Gasteiger partial charge in [0, 0.05) is 12.5 Å². The van der Waals surface area contributed by atoms with Gasteiger partial charge in [0.2, 0.25) is 5.91 Å². The van der Waals surface area contributed by atoms with E-state index < -0.39 is 27.9 Å². The zero-order chi connectivity index (χ0) is 19.6. The molecule has 2 aliphatic rings. The van der Waals surface area contributed by atoms with Crippen LogP contribution in [0.25, 0.3) is 0 Å². The molecule has 0 aliphatic carbocycles. The molecule has 8 nitrogen and oxygen atoms in total. The molecule has 2 aliphatic heterocycles. The van der Waals surface area contributed by atoms with Gasteiger partial charge in [-0.05, 0) is 25.0 Å². The zero-order valence-electron chi connectivity index (χ0n) is 15.3. The van der Waals surface area contributed by atoms with Crippen molar-refractivity contribution >= 4 is 33.1 Å². The van der Waals surface area contributed by atoms with Gasteiger partial charge in [-0.2, -0.15) is 5.10 Å². The van der Waals surface area contributed by atoms with Crippen LogP contribution in [0.3, 0.4) is 0 Å². The summed E-state index contributed by atoms with van der Waals surface area (Å²) in [6.45, 7) is 3.73. The van der Waals surface area contributed by atoms with Gasteiger partial charge in [0.1, 0.15) is 11.8 Å².